The van der Waals surface area contributed by atoms with Gasteiger partial charge in [-0.2, -0.15) is 0 Å². The van der Waals surface area contributed by atoms with Gasteiger partial charge in [-0.05, 0) is 26.0 Å². The predicted molar refractivity (Wildman–Crippen MR) is 61.5 cm³/mol. The zero-order valence-corrected chi connectivity index (χ0v) is 9.77. The summed E-state index contributed by atoms with van der Waals surface area (Å²) in [5.41, 5.74) is 0. The maximum atomic E-state index is 11.5. The van der Waals surface area contributed by atoms with Crippen LogP contribution in [0.25, 0.3) is 0 Å². The highest BCUT2D eigenvalue weighted by molar-refractivity contribution is 5.96. The molecule has 0 fully saturated rings. The lowest BCUT2D eigenvalue weighted by molar-refractivity contribution is -0.126. The van der Waals surface area contributed by atoms with Crippen LogP contribution in [0.5, 0.6) is 5.75 Å². The van der Waals surface area contributed by atoms with Gasteiger partial charge in [-0.3, -0.25) is 15.1 Å². The van der Waals surface area contributed by atoms with Crippen LogP contribution in [0.3, 0.4) is 0 Å². The molecule has 6 nitrogen and oxygen atoms in total. The first-order chi connectivity index (χ1) is 8.13. The van der Waals surface area contributed by atoms with Gasteiger partial charge in [-0.15, -0.1) is 0 Å². The van der Waals surface area contributed by atoms with Gasteiger partial charge in [0.2, 0.25) is 0 Å². The molecule has 1 aromatic heterocycles. The molecule has 0 aliphatic carbocycles. The molecule has 0 radical (unpaired) electrons. The summed E-state index contributed by atoms with van der Waals surface area (Å²) in [4.78, 5) is 26.5. The second-order valence-corrected chi connectivity index (χ2v) is 3.30. The molecule has 0 saturated carbocycles. The lowest BCUT2D eigenvalue weighted by Crippen LogP contribution is -2.45. The van der Waals surface area contributed by atoms with Crippen LogP contribution in [0.4, 0.5) is 4.79 Å². The Labute approximate surface area is 99.4 Å². The number of carbonyl (C=O) groups is 2. The van der Waals surface area contributed by atoms with Gasteiger partial charge in [0.25, 0.3) is 5.91 Å². The van der Waals surface area contributed by atoms with E-state index in [1.165, 1.54) is 6.20 Å². The average Bonchev–Trinajstić information content (AvgIpc) is 2.30. The van der Waals surface area contributed by atoms with Crippen LogP contribution < -0.4 is 15.4 Å². The van der Waals surface area contributed by atoms with Crippen molar-refractivity contribution in [1.29, 1.82) is 0 Å². The van der Waals surface area contributed by atoms with Gasteiger partial charge in [0.05, 0.1) is 6.20 Å². The molecule has 0 aliphatic heterocycles. The molecule has 1 heterocycles. The van der Waals surface area contributed by atoms with Crippen molar-refractivity contribution in [3.8, 4) is 5.75 Å². The van der Waals surface area contributed by atoms with Crippen LogP contribution in [0.1, 0.15) is 13.8 Å². The number of aromatic nitrogens is 1. The minimum Gasteiger partial charge on any atom is -0.479 e. The summed E-state index contributed by atoms with van der Waals surface area (Å²) in [7, 11) is 0. The number of imide groups is 1. The molecule has 6 heteroatoms. The zero-order chi connectivity index (χ0) is 12.7. The summed E-state index contributed by atoms with van der Waals surface area (Å²) in [5.74, 6) is -0.0224. The van der Waals surface area contributed by atoms with E-state index in [1.54, 1.807) is 32.2 Å². The second-order valence-electron chi connectivity index (χ2n) is 3.30. The molecule has 1 aromatic rings. The number of carbonyl (C=O) groups excluding carboxylic acids is 2. The van der Waals surface area contributed by atoms with Gasteiger partial charge in [-0.25, -0.2) is 4.79 Å². The number of urea groups is 1. The van der Waals surface area contributed by atoms with Crippen LogP contribution in [-0.2, 0) is 4.79 Å². The molecule has 2 N–H and O–H groups in total. The SMILES string of the molecule is CCNC(=O)NC(=O)C(C)Oc1cccnc1. The molecule has 0 aliphatic rings. The summed E-state index contributed by atoms with van der Waals surface area (Å²) in [5, 5.41) is 4.62. The summed E-state index contributed by atoms with van der Waals surface area (Å²) < 4.78 is 5.30. The van der Waals surface area contributed by atoms with E-state index in [-0.39, 0.29) is 0 Å². The number of amides is 3. The topological polar surface area (TPSA) is 80.3 Å². The number of nitrogens with one attached hydrogen (secondary N) is 2. The van der Waals surface area contributed by atoms with E-state index >= 15 is 0 Å². The molecular weight excluding hydrogens is 222 g/mol. The van der Waals surface area contributed by atoms with Gasteiger partial charge in [0.15, 0.2) is 6.10 Å². The number of ether oxygens (including phenoxy) is 1. The van der Waals surface area contributed by atoms with Crippen molar-refractivity contribution in [3.63, 3.8) is 0 Å². The Morgan fingerprint density at radius 1 is 1.53 bits per heavy atom. The third-order valence-corrected chi connectivity index (χ3v) is 1.89. The van der Waals surface area contributed by atoms with Crippen LogP contribution in [0.15, 0.2) is 24.5 Å². The molecule has 1 rings (SSSR count). The smallest absolute Gasteiger partial charge is 0.321 e. The summed E-state index contributed by atoms with van der Waals surface area (Å²) in [6.45, 7) is 3.78. The number of rotatable bonds is 4. The van der Waals surface area contributed by atoms with Crippen molar-refractivity contribution >= 4 is 11.9 Å². The lowest BCUT2D eigenvalue weighted by Gasteiger charge is -2.13. The fraction of sp³-hybridized carbons (Fsp3) is 0.364. The van der Waals surface area contributed by atoms with Crippen LogP contribution >= 0.6 is 0 Å². The van der Waals surface area contributed by atoms with Gasteiger partial charge < -0.3 is 10.1 Å². The fourth-order valence-corrected chi connectivity index (χ4v) is 1.09. The van der Waals surface area contributed by atoms with Gasteiger partial charge in [0, 0.05) is 12.7 Å². The van der Waals surface area contributed by atoms with Crippen LogP contribution in [-0.4, -0.2) is 29.6 Å². The lowest BCUT2D eigenvalue weighted by atomic mass is 10.3. The third kappa shape index (κ3) is 4.50. The van der Waals surface area contributed by atoms with E-state index in [0.29, 0.717) is 12.3 Å². The van der Waals surface area contributed by atoms with E-state index in [9.17, 15) is 9.59 Å². The summed E-state index contributed by atoms with van der Waals surface area (Å²) in [6.07, 6.45) is 2.34. The van der Waals surface area contributed by atoms with E-state index < -0.39 is 18.0 Å². The molecule has 0 aromatic carbocycles. The minimum atomic E-state index is -0.762. The molecule has 17 heavy (non-hydrogen) atoms. The van der Waals surface area contributed by atoms with Crippen molar-refractivity contribution in [2.45, 2.75) is 20.0 Å². The molecule has 0 bridgehead atoms. The van der Waals surface area contributed by atoms with Crippen LogP contribution in [0, 0.1) is 0 Å². The van der Waals surface area contributed by atoms with E-state index in [4.69, 9.17) is 4.74 Å². The zero-order valence-electron chi connectivity index (χ0n) is 9.77. The van der Waals surface area contributed by atoms with Gasteiger partial charge >= 0.3 is 6.03 Å². The second kappa shape index (κ2) is 6.47. The Morgan fingerprint density at radius 2 is 2.29 bits per heavy atom. The average molecular weight is 237 g/mol. The van der Waals surface area contributed by atoms with Crippen LogP contribution in [0.2, 0.25) is 0 Å². The van der Waals surface area contributed by atoms with Crippen molar-refractivity contribution in [3.05, 3.63) is 24.5 Å². The number of hydrogen-bond donors (Lipinski definition) is 2. The van der Waals surface area contributed by atoms with E-state index in [0.717, 1.165) is 0 Å². The first-order valence-corrected chi connectivity index (χ1v) is 5.29. The van der Waals surface area contributed by atoms with E-state index in [1.807, 2.05) is 0 Å². The number of nitrogens with zero attached hydrogens (tertiary/aromatic N) is 1. The van der Waals surface area contributed by atoms with Crippen molar-refractivity contribution < 1.29 is 14.3 Å². The highest BCUT2D eigenvalue weighted by Crippen LogP contribution is 2.08. The summed E-state index contributed by atoms with van der Waals surface area (Å²) >= 11 is 0. The Balaban J connectivity index is 2.45. The van der Waals surface area contributed by atoms with Crippen molar-refractivity contribution in [2.75, 3.05) is 6.54 Å². The molecule has 0 spiro atoms. The first kappa shape index (κ1) is 13.0. The number of pyridine rings is 1. The molecule has 3 amide bonds. The standard InChI is InChI=1S/C11H15N3O3/c1-3-13-11(16)14-10(15)8(2)17-9-5-4-6-12-7-9/h4-8H,3H2,1-2H3,(H2,13,14,15,16). The molecule has 0 saturated heterocycles. The fourth-order valence-electron chi connectivity index (χ4n) is 1.09. The Morgan fingerprint density at radius 3 is 2.88 bits per heavy atom. The highest BCUT2D eigenvalue weighted by Gasteiger charge is 2.16. The molecule has 1 atom stereocenters. The predicted octanol–water partition coefficient (Wildman–Crippen LogP) is 0.695. The maximum absolute atomic E-state index is 11.5. The van der Waals surface area contributed by atoms with Gasteiger partial charge in [-0.1, -0.05) is 0 Å². The van der Waals surface area contributed by atoms with E-state index in [2.05, 4.69) is 15.6 Å². The highest BCUT2D eigenvalue weighted by atomic mass is 16.5. The minimum absolute atomic E-state index is 0.455. The Hall–Kier alpha value is -2.11. The molecule has 92 valence electrons. The summed E-state index contributed by atoms with van der Waals surface area (Å²) in [6, 6.07) is 2.85. The normalized spacial score (nSPS) is 11.4. The number of hydrogen-bond acceptors (Lipinski definition) is 4. The van der Waals surface area contributed by atoms with Crippen molar-refractivity contribution in [2.24, 2.45) is 0 Å². The Kier molecular flexibility index (Phi) is 4.93. The monoisotopic (exact) mass is 237 g/mol. The quantitative estimate of drug-likeness (QED) is 0.807. The molecular formula is C11H15N3O3. The third-order valence-electron chi connectivity index (χ3n) is 1.89. The van der Waals surface area contributed by atoms with Crippen molar-refractivity contribution in [1.82, 2.24) is 15.6 Å². The van der Waals surface area contributed by atoms with Gasteiger partial charge in [0.1, 0.15) is 5.75 Å². The largest absolute Gasteiger partial charge is 0.479 e. The molecule has 1 unspecified atom stereocenters. The maximum Gasteiger partial charge on any atom is 0.321 e. The first-order valence-electron chi connectivity index (χ1n) is 5.29. The Bertz CT molecular complexity index is 381.